The Morgan fingerprint density at radius 2 is 1.91 bits per heavy atom. The molecule has 0 heterocycles. The molecule has 4 heteroatoms. The van der Waals surface area contributed by atoms with E-state index < -0.39 is 5.97 Å². The number of benzene rings is 1. The summed E-state index contributed by atoms with van der Waals surface area (Å²) in [5.41, 5.74) is 0.167. The van der Waals surface area contributed by atoms with Crippen molar-refractivity contribution in [3.8, 4) is 0 Å². The van der Waals surface area contributed by atoms with Crippen LogP contribution in [0, 0.1) is 0 Å². The summed E-state index contributed by atoms with van der Waals surface area (Å²) in [6.45, 7) is 0. The van der Waals surface area contributed by atoms with Crippen LogP contribution >= 0.6 is 31.9 Å². The van der Waals surface area contributed by atoms with E-state index in [0.717, 1.165) is 4.47 Å². The van der Waals surface area contributed by atoms with Gasteiger partial charge in [-0.15, -0.1) is 0 Å². The third-order valence-corrected chi connectivity index (χ3v) is 3.03. The molecule has 0 saturated heterocycles. The van der Waals surface area contributed by atoms with E-state index in [4.69, 9.17) is 0 Å². The molecule has 0 saturated carbocycles. The molecule has 0 aliphatic carbocycles. The van der Waals surface area contributed by atoms with Gasteiger partial charge in [0.15, 0.2) is 0 Å². The summed E-state index contributed by atoms with van der Waals surface area (Å²) < 4.78 is 1.53. The smallest absolute Gasteiger partial charge is 0.0715 e. The van der Waals surface area contributed by atoms with E-state index in [1.165, 1.54) is 12.1 Å². The lowest BCUT2D eigenvalue weighted by Crippen LogP contribution is -2.22. The van der Waals surface area contributed by atoms with Crippen LogP contribution in [-0.2, 0) is 0 Å². The van der Waals surface area contributed by atoms with Crippen molar-refractivity contribution in [2.24, 2.45) is 0 Å². The Bertz CT molecular complexity index is 296. The maximum atomic E-state index is 10.3. The van der Waals surface area contributed by atoms with Crippen LogP contribution in [0.4, 0.5) is 0 Å². The van der Waals surface area contributed by atoms with Crippen molar-refractivity contribution in [1.82, 2.24) is 0 Å². The predicted molar refractivity (Wildman–Crippen MR) is 46.2 cm³/mol. The Morgan fingerprint density at radius 1 is 1.27 bits per heavy atom. The quantitative estimate of drug-likeness (QED) is 0.782. The second kappa shape index (κ2) is 3.36. The average molecular weight is 279 g/mol. The molecule has 0 spiro atoms. The number of hydrogen-bond donors (Lipinski definition) is 0. The van der Waals surface area contributed by atoms with Gasteiger partial charge in [-0.05, 0) is 49.6 Å². The molecule has 0 atom stereocenters. The highest BCUT2D eigenvalue weighted by molar-refractivity contribution is 9.13. The van der Waals surface area contributed by atoms with E-state index in [-0.39, 0.29) is 5.56 Å². The lowest BCUT2D eigenvalue weighted by atomic mass is 10.2. The molecule has 1 aromatic carbocycles. The third kappa shape index (κ3) is 2.04. The molecule has 0 N–H and O–H groups in total. The number of carboxylic acids is 1. The first-order chi connectivity index (χ1) is 5.11. The molecule has 0 aliphatic heterocycles. The van der Waals surface area contributed by atoms with E-state index in [1.54, 1.807) is 6.07 Å². The Balaban J connectivity index is 3.15. The van der Waals surface area contributed by atoms with Crippen molar-refractivity contribution in [3.63, 3.8) is 0 Å². The Labute approximate surface area is 80.5 Å². The van der Waals surface area contributed by atoms with Gasteiger partial charge in [0.1, 0.15) is 0 Å². The molecule has 11 heavy (non-hydrogen) atoms. The molecular weight excluding hydrogens is 276 g/mol. The summed E-state index contributed by atoms with van der Waals surface area (Å²) in [7, 11) is 0. The summed E-state index contributed by atoms with van der Waals surface area (Å²) in [4.78, 5) is 10.3. The second-order valence-electron chi connectivity index (χ2n) is 1.92. The van der Waals surface area contributed by atoms with Gasteiger partial charge in [-0.3, -0.25) is 0 Å². The van der Waals surface area contributed by atoms with Crippen LogP contribution < -0.4 is 5.11 Å². The largest absolute Gasteiger partial charge is 0.545 e. The van der Waals surface area contributed by atoms with E-state index in [1.807, 2.05) is 0 Å². The maximum Gasteiger partial charge on any atom is 0.0715 e. The monoisotopic (exact) mass is 277 g/mol. The zero-order chi connectivity index (χ0) is 8.43. The fraction of sp³-hybridized carbons (Fsp3) is 0. The van der Waals surface area contributed by atoms with Crippen LogP contribution in [0.25, 0.3) is 0 Å². The number of rotatable bonds is 1. The van der Waals surface area contributed by atoms with Crippen LogP contribution in [0.1, 0.15) is 10.4 Å². The number of carboxylic acid groups (broad SMARTS) is 1. The van der Waals surface area contributed by atoms with Gasteiger partial charge >= 0.3 is 0 Å². The Hall–Kier alpha value is -0.350. The Kier molecular flexibility index (Phi) is 2.67. The first-order valence-electron chi connectivity index (χ1n) is 2.77. The standard InChI is InChI=1S/C7H4Br2O2/c8-5-2-1-4(7(10)11)3-6(5)9/h1-3H,(H,10,11)/p-1. The molecule has 1 aromatic rings. The summed E-state index contributed by atoms with van der Waals surface area (Å²) in [6.07, 6.45) is 0. The molecule has 0 aromatic heterocycles. The normalized spacial score (nSPS) is 9.64. The molecule has 1 rings (SSSR count). The van der Waals surface area contributed by atoms with Crippen molar-refractivity contribution < 1.29 is 9.90 Å². The van der Waals surface area contributed by atoms with Gasteiger partial charge in [-0.1, -0.05) is 6.07 Å². The second-order valence-corrected chi connectivity index (χ2v) is 3.63. The highest BCUT2D eigenvalue weighted by atomic mass is 79.9. The van der Waals surface area contributed by atoms with Crippen molar-refractivity contribution in [2.45, 2.75) is 0 Å². The summed E-state index contributed by atoms with van der Waals surface area (Å²) in [6, 6.07) is 4.61. The van der Waals surface area contributed by atoms with Gasteiger partial charge in [-0.25, -0.2) is 0 Å². The highest BCUT2D eigenvalue weighted by Crippen LogP contribution is 2.23. The highest BCUT2D eigenvalue weighted by Gasteiger charge is 1.97. The SMILES string of the molecule is O=C([O-])c1ccc(Br)c(Br)c1. The third-order valence-electron chi connectivity index (χ3n) is 1.16. The predicted octanol–water partition coefficient (Wildman–Crippen LogP) is 1.58. The first-order valence-corrected chi connectivity index (χ1v) is 4.36. The fourth-order valence-electron chi connectivity index (χ4n) is 0.623. The molecule has 0 aliphatic rings. The average Bonchev–Trinajstić information content (AvgIpc) is 1.94. The number of carbonyl (C=O) groups excluding carboxylic acids is 1. The zero-order valence-corrected chi connectivity index (χ0v) is 8.48. The van der Waals surface area contributed by atoms with Crippen molar-refractivity contribution in [1.29, 1.82) is 0 Å². The summed E-state index contributed by atoms with van der Waals surface area (Å²) in [5.74, 6) is -1.17. The minimum Gasteiger partial charge on any atom is -0.545 e. The van der Waals surface area contributed by atoms with Crippen molar-refractivity contribution in [2.75, 3.05) is 0 Å². The minimum atomic E-state index is -1.17. The molecule has 0 amide bonds. The molecule has 0 bridgehead atoms. The molecule has 0 unspecified atom stereocenters. The number of carbonyl (C=O) groups is 1. The number of hydrogen-bond acceptors (Lipinski definition) is 2. The first kappa shape index (κ1) is 8.74. The fourth-order valence-corrected chi connectivity index (χ4v) is 1.25. The molecule has 2 nitrogen and oxygen atoms in total. The van der Waals surface area contributed by atoms with Crippen LogP contribution in [0.2, 0.25) is 0 Å². The Morgan fingerprint density at radius 3 is 2.36 bits per heavy atom. The lowest BCUT2D eigenvalue weighted by molar-refractivity contribution is -0.255. The van der Waals surface area contributed by atoms with Crippen molar-refractivity contribution in [3.05, 3.63) is 32.7 Å². The van der Waals surface area contributed by atoms with Crippen LogP contribution in [0.5, 0.6) is 0 Å². The van der Waals surface area contributed by atoms with E-state index in [0.29, 0.717) is 4.47 Å². The molecule has 58 valence electrons. The number of halogens is 2. The molecule has 0 radical (unpaired) electrons. The minimum absolute atomic E-state index is 0.167. The number of aromatic carboxylic acids is 1. The van der Waals surface area contributed by atoms with Crippen LogP contribution in [0.15, 0.2) is 27.1 Å². The maximum absolute atomic E-state index is 10.3. The van der Waals surface area contributed by atoms with Gasteiger partial charge in [0.05, 0.1) is 5.97 Å². The summed E-state index contributed by atoms with van der Waals surface area (Å²) >= 11 is 6.39. The molecule has 0 fully saturated rings. The lowest BCUT2D eigenvalue weighted by Gasteiger charge is -2.02. The van der Waals surface area contributed by atoms with Crippen LogP contribution in [-0.4, -0.2) is 5.97 Å². The topological polar surface area (TPSA) is 40.1 Å². The van der Waals surface area contributed by atoms with E-state index in [9.17, 15) is 9.90 Å². The van der Waals surface area contributed by atoms with E-state index >= 15 is 0 Å². The van der Waals surface area contributed by atoms with Crippen LogP contribution in [0.3, 0.4) is 0 Å². The van der Waals surface area contributed by atoms with Gasteiger partial charge in [0.25, 0.3) is 0 Å². The zero-order valence-electron chi connectivity index (χ0n) is 5.30. The van der Waals surface area contributed by atoms with Gasteiger partial charge < -0.3 is 9.90 Å². The summed E-state index contributed by atoms with van der Waals surface area (Å²) in [5, 5.41) is 10.3. The van der Waals surface area contributed by atoms with Gasteiger partial charge in [-0.2, -0.15) is 0 Å². The van der Waals surface area contributed by atoms with Gasteiger partial charge in [0, 0.05) is 8.95 Å². The molecular formula is C7H3Br2O2-. The van der Waals surface area contributed by atoms with Crippen molar-refractivity contribution >= 4 is 37.8 Å². The van der Waals surface area contributed by atoms with E-state index in [2.05, 4.69) is 31.9 Å². The van der Waals surface area contributed by atoms with Gasteiger partial charge in [0.2, 0.25) is 0 Å².